The maximum atomic E-state index is 12.5. The number of hydrogen-bond donors (Lipinski definition) is 0. The van der Waals surface area contributed by atoms with Gasteiger partial charge in [0.1, 0.15) is 5.84 Å². The van der Waals surface area contributed by atoms with Crippen molar-refractivity contribution in [3.63, 3.8) is 0 Å². The number of nitrogens with zero attached hydrogens (tertiary/aromatic N) is 4. The van der Waals surface area contributed by atoms with Crippen LogP contribution in [0.1, 0.15) is 20.8 Å². The van der Waals surface area contributed by atoms with Gasteiger partial charge in [-0.05, 0) is 12.8 Å². The lowest BCUT2D eigenvalue weighted by atomic mass is 10.1. The van der Waals surface area contributed by atoms with Gasteiger partial charge >= 0.3 is 0 Å². The van der Waals surface area contributed by atoms with E-state index >= 15 is 0 Å². The van der Waals surface area contributed by atoms with E-state index in [1.165, 1.54) is 4.90 Å². The zero-order valence-electron chi connectivity index (χ0n) is 10.1. The molecule has 2 rings (SSSR count). The zero-order chi connectivity index (χ0) is 12.6. The molecule has 0 aromatic rings. The molecule has 0 fully saturated rings. The second-order valence-corrected chi connectivity index (χ2v) is 4.53. The predicted molar refractivity (Wildman–Crippen MR) is 64.2 cm³/mol. The molecule has 4 nitrogen and oxygen atoms in total. The molecule has 17 heavy (non-hydrogen) atoms. The molecule has 2 unspecified atom stereocenters. The van der Waals surface area contributed by atoms with Gasteiger partial charge in [-0.25, -0.2) is 13.8 Å². The molecular weight excluding hydrogens is 226 g/mol. The van der Waals surface area contributed by atoms with Crippen molar-refractivity contribution < 1.29 is 8.78 Å². The second-order valence-electron chi connectivity index (χ2n) is 4.53. The Hall–Kier alpha value is -1.33. The van der Waals surface area contributed by atoms with Gasteiger partial charge in [0, 0.05) is 6.21 Å². The van der Waals surface area contributed by atoms with Gasteiger partial charge in [-0.15, -0.1) is 0 Å². The van der Waals surface area contributed by atoms with Crippen molar-refractivity contribution in [3.05, 3.63) is 0 Å². The molecule has 0 saturated heterocycles. The molecule has 2 atom stereocenters. The molecule has 0 bridgehead atoms. The average Bonchev–Trinajstić information content (AvgIpc) is 2.54. The predicted octanol–water partition coefficient (Wildman–Crippen LogP) is 1.82. The van der Waals surface area contributed by atoms with Crippen molar-refractivity contribution in [2.45, 2.75) is 39.5 Å². The largest absolute Gasteiger partial charge is 0.329 e. The van der Waals surface area contributed by atoms with Gasteiger partial charge in [0.25, 0.3) is 6.43 Å². The summed E-state index contributed by atoms with van der Waals surface area (Å²) in [5, 5.41) is 0. The second kappa shape index (κ2) is 4.50. The standard InChI is InChI=1S/C11H16F2N4/c1-6(2)8-4-14-10-11(16-8)17(5-9(12)13)7(3)15-10/h4,6,9-11H,5H2,1-3H3. The molecule has 0 saturated carbocycles. The van der Waals surface area contributed by atoms with Gasteiger partial charge in [0.2, 0.25) is 0 Å². The molecule has 0 aromatic carbocycles. The van der Waals surface area contributed by atoms with Crippen LogP contribution < -0.4 is 0 Å². The lowest BCUT2D eigenvalue weighted by Crippen LogP contribution is -2.42. The number of amidine groups is 1. The summed E-state index contributed by atoms with van der Waals surface area (Å²) in [6, 6.07) is 0. The van der Waals surface area contributed by atoms with Crippen molar-refractivity contribution in [2.75, 3.05) is 6.54 Å². The number of aliphatic imine (C=N–C) groups is 3. The number of hydrogen-bond acceptors (Lipinski definition) is 4. The molecule has 0 spiro atoms. The summed E-state index contributed by atoms with van der Waals surface area (Å²) in [5.41, 5.74) is 0.843. The molecule has 0 amide bonds. The van der Waals surface area contributed by atoms with Gasteiger partial charge in [-0.2, -0.15) is 0 Å². The Labute approximate surface area is 99.2 Å². The monoisotopic (exact) mass is 242 g/mol. The van der Waals surface area contributed by atoms with E-state index in [0.29, 0.717) is 5.84 Å². The van der Waals surface area contributed by atoms with E-state index in [1.807, 2.05) is 13.8 Å². The summed E-state index contributed by atoms with van der Waals surface area (Å²) < 4.78 is 25.0. The summed E-state index contributed by atoms with van der Waals surface area (Å²) in [6.07, 6.45) is -1.42. The summed E-state index contributed by atoms with van der Waals surface area (Å²) in [4.78, 5) is 14.5. The van der Waals surface area contributed by atoms with Crippen LogP contribution in [0.4, 0.5) is 8.78 Å². The van der Waals surface area contributed by atoms with Gasteiger partial charge < -0.3 is 4.90 Å². The maximum absolute atomic E-state index is 12.5. The highest BCUT2D eigenvalue weighted by Crippen LogP contribution is 2.24. The average molecular weight is 242 g/mol. The molecule has 6 heteroatoms. The molecule has 2 aliphatic rings. The van der Waals surface area contributed by atoms with Crippen LogP contribution in [0.3, 0.4) is 0 Å². The number of halogens is 2. The normalized spacial score (nSPS) is 27.6. The first-order valence-electron chi connectivity index (χ1n) is 5.69. The van der Waals surface area contributed by atoms with E-state index in [0.717, 1.165) is 5.71 Å². The number of fused-ring (bicyclic) bond motifs is 1. The van der Waals surface area contributed by atoms with E-state index in [4.69, 9.17) is 0 Å². The fourth-order valence-electron chi connectivity index (χ4n) is 1.96. The van der Waals surface area contributed by atoms with Crippen molar-refractivity contribution in [1.82, 2.24) is 4.90 Å². The lowest BCUT2D eigenvalue weighted by molar-refractivity contribution is 0.104. The van der Waals surface area contributed by atoms with Crippen LogP contribution in [-0.4, -0.2) is 48.0 Å². The van der Waals surface area contributed by atoms with Crippen molar-refractivity contribution in [2.24, 2.45) is 20.9 Å². The van der Waals surface area contributed by atoms with Gasteiger partial charge in [0.05, 0.1) is 12.3 Å². The third-order valence-corrected chi connectivity index (χ3v) is 2.89. The van der Waals surface area contributed by atoms with E-state index < -0.39 is 6.43 Å². The molecule has 0 aliphatic carbocycles. The molecular formula is C11H16F2N4. The van der Waals surface area contributed by atoms with Gasteiger partial charge in [0.15, 0.2) is 12.3 Å². The lowest BCUT2D eigenvalue weighted by Gasteiger charge is -2.28. The van der Waals surface area contributed by atoms with E-state index in [2.05, 4.69) is 15.0 Å². The minimum absolute atomic E-state index is 0.244. The Morgan fingerprint density at radius 2 is 2.06 bits per heavy atom. The SMILES string of the molecule is CC1=NC2N=CC(C(C)C)=NC2N1CC(F)F. The molecule has 0 radical (unpaired) electrons. The van der Waals surface area contributed by atoms with E-state index in [1.54, 1.807) is 13.1 Å². The molecule has 94 valence electrons. The van der Waals surface area contributed by atoms with Crippen LogP contribution in [0.2, 0.25) is 0 Å². The highest BCUT2D eigenvalue weighted by Gasteiger charge is 2.37. The van der Waals surface area contributed by atoms with Gasteiger partial charge in [-0.1, -0.05) is 13.8 Å². The molecule has 0 N–H and O–H groups in total. The van der Waals surface area contributed by atoms with E-state index in [9.17, 15) is 8.78 Å². The fourth-order valence-corrected chi connectivity index (χ4v) is 1.96. The Kier molecular flexibility index (Phi) is 3.22. The highest BCUT2D eigenvalue weighted by atomic mass is 19.3. The molecule has 2 heterocycles. The first kappa shape index (κ1) is 12.1. The van der Waals surface area contributed by atoms with Crippen LogP contribution in [0, 0.1) is 5.92 Å². The third kappa shape index (κ3) is 2.35. The summed E-state index contributed by atoms with van der Waals surface area (Å²) in [6.45, 7) is 5.40. The summed E-state index contributed by atoms with van der Waals surface area (Å²) in [7, 11) is 0. The van der Waals surface area contributed by atoms with Crippen LogP contribution in [0.5, 0.6) is 0 Å². The zero-order valence-corrected chi connectivity index (χ0v) is 10.1. The van der Waals surface area contributed by atoms with Crippen LogP contribution in [-0.2, 0) is 0 Å². The Morgan fingerprint density at radius 3 is 2.65 bits per heavy atom. The van der Waals surface area contributed by atoms with Crippen LogP contribution in [0.15, 0.2) is 15.0 Å². The fraction of sp³-hybridized carbons (Fsp3) is 0.727. The van der Waals surface area contributed by atoms with Crippen LogP contribution >= 0.6 is 0 Å². The Balaban J connectivity index is 2.20. The number of alkyl halides is 2. The quantitative estimate of drug-likeness (QED) is 0.744. The smallest absolute Gasteiger partial charge is 0.255 e. The molecule has 0 aromatic heterocycles. The first-order chi connectivity index (χ1) is 7.99. The Morgan fingerprint density at radius 1 is 1.35 bits per heavy atom. The Bertz CT molecular complexity index is 387. The van der Waals surface area contributed by atoms with Crippen molar-refractivity contribution in [1.29, 1.82) is 0 Å². The van der Waals surface area contributed by atoms with E-state index in [-0.39, 0.29) is 24.8 Å². The number of rotatable bonds is 3. The van der Waals surface area contributed by atoms with Crippen molar-refractivity contribution in [3.8, 4) is 0 Å². The van der Waals surface area contributed by atoms with Crippen LogP contribution in [0.25, 0.3) is 0 Å². The van der Waals surface area contributed by atoms with Gasteiger partial charge in [-0.3, -0.25) is 9.98 Å². The topological polar surface area (TPSA) is 40.3 Å². The minimum atomic E-state index is -2.39. The third-order valence-electron chi connectivity index (χ3n) is 2.89. The van der Waals surface area contributed by atoms with Crippen molar-refractivity contribution >= 4 is 17.8 Å². The summed E-state index contributed by atoms with van der Waals surface area (Å²) >= 11 is 0. The summed E-state index contributed by atoms with van der Waals surface area (Å²) in [5.74, 6) is 0.834. The highest BCUT2D eigenvalue weighted by molar-refractivity contribution is 6.31. The maximum Gasteiger partial charge on any atom is 0.255 e. The molecule has 2 aliphatic heterocycles. The first-order valence-corrected chi connectivity index (χ1v) is 5.69. The minimum Gasteiger partial charge on any atom is -0.329 e.